The summed E-state index contributed by atoms with van der Waals surface area (Å²) in [5.74, 6) is 3.08. The molecule has 5 atom stereocenters. The molecule has 0 unspecified atom stereocenters. The van der Waals surface area contributed by atoms with E-state index in [1.807, 2.05) is 11.0 Å². The minimum atomic E-state index is -0.300. The first-order chi connectivity index (χ1) is 15.2. The summed E-state index contributed by atoms with van der Waals surface area (Å²) in [4.78, 5) is 15.3. The molecular formula is C28H39NO3. The van der Waals surface area contributed by atoms with Gasteiger partial charge in [0, 0.05) is 18.0 Å². The number of hydrogen-bond donors (Lipinski definition) is 0. The van der Waals surface area contributed by atoms with E-state index in [2.05, 4.69) is 65.8 Å². The van der Waals surface area contributed by atoms with Crippen LogP contribution in [0.15, 0.2) is 41.7 Å². The molecule has 5 aliphatic rings. The number of rotatable bonds is 5. The highest BCUT2D eigenvalue weighted by atomic mass is 16.6. The van der Waals surface area contributed by atoms with Crippen LogP contribution < -0.4 is 0 Å². The largest absolute Gasteiger partial charge is 0.415 e. The van der Waals surface area contributed by atoms with Crippen molar-refractivity contribution in [3.05, 3.63) is 47.2 Å². The van der Waals surface area contributed by atoms with Gasteiger partial charge in [-0.3, -0.25) is 0 Å². The summed E-state index contributed by atoms with van der Waals surface area (Å²) in [6, 6.07) is 10.5. The first-order valence-corrected chi connectivity index (χ1v) is 12.6. The maximum absolute atomic E-state index is 13.5. The van der Waals surface area contributed by atoms with Gasteiger partial charge in [-0.2, -0.15) is 0 Å². The summed E-state index contributed by atoms with van der Waals surface area (Å²) in [6.07, 6.45) is 4.62. The van der Waals surface area contributed by atoms with Crippen molar-refractivity contribution in [2.24, 2.45) is 29.1 Å². The number of carbonyl (C=O) groups excluding carboxylic acids is 1. The summed E-state index contributed by atoms with van der Waals surface area (Å²) in [5.41, 5.74) is 2.76. The second kappa shape index (κ2) is 7.90. The molecule has 0 radical (unpaired) electrons. The van der Waals surface area contributed by atoms with Gasteiger partial charge in [0.25, 0.3) is 0 Å². The van der Waals surface area contributed by atoms with Gasteiger partial charge in [0.1, 0.15) is 11.9 Å². The number of benzene rings is 1. The summed E-state index contributed by atoms with van der Waals surface area (Å²) in [5, 5.41) is 0. The van der Waals surface area contributed by atoms with Crippen LogP contribution in [0.2, 0.25) is 0 Å². The molecule has 6 rings (SSSR count). The lowest BCUT2D eigenvalue weighted by atomic mass is 9.44. The predicted molar refractivity (Wildman–Crippen MR) is 126 cm³/mol. The van der Waals surface area contributed by atoms with Crippen LogP contribution in [0.1, 0.15) is 78.9 Å². The van der Waals surface area contributed by atoms with Gasteiger partial charge in [0.05, 0.1) is 6.10 Å². The fourth-order valence-corrected chi connectivity index (χ4v) is 6.77. The van der Waals surface area contributed by atoms with Crippen LogP contribution in [0.4, 0.5) is 4.79 Å². The minimum absolute atomic E-state index is 0.0821. The van der Waals surface area contributed by atoms with E-state index in [1.54, 1.807) is 0 Å². The third kappa shape index (κ3) is 3.50. The molecule has 2 bridgehead atoms. The van der Waals surface area contributed by atoms with E-state index in [4.69, 9.17) is 9.47 Å². The molecule has 4 saturated carbocycles. The highest BCUT2D eigenvalue weighted by Gasteiger charge is 2.61. The Bertz CT molecular complexity index is 891. The van der Waals surface area contributed by atoms with E-state index in [0.29, 0.717) is 17.8 Å². The van der Waals surface area contributed by atoms with Crippen LogP contribution in [0.25, 0.3) is 0 Å². The minimum Gasteiger partial charge on any atom is -0.412 e. The Kier molecular flexibility index (Phi) is 5.43. The number of hydrogen-bond acceptors (Lipinski definition) is 3. The highest BCUT2D eigenvalue weighted by molar-refractivity contribution is 5.70. The zero-order chi connectivity index (χ0) is 22.8. The van der Waals surface area contributed by atoms with E-state index < -0.39 is 0 Å². The molecular weight excluding hydrogens is 398 g/mol. The first-order valence-electron chi connectivity index (χ1n) is 12.6. The molecule has 174 valence electrons. The molecule has 0 spiro atoms. The molecule has 0 N–H and O–H groups in total. The molecule has 4 heteroatoms. The topological polar surface area (TPSA) is 38.8 Å². The van der Waals surface area contributed by atoms with Crippen molar-refractivity contribution in [3.63, 3.8) is 0 Å². The number of nitrogens with zero attached hydrogens (tertiary/aromatic N) is 1. The molecule has 4 fully saturated rings. The molecule has 0 aromatic heterocycles. The Morgan fingerprint density at radius 3 is 2.28 bits per heavy atom. The van der Waals surface area contributed by atoms with Crippen molar-refractivity contribution in [1.82, 2.24) is 4.90 Å². The molecule has 1 heterocycles. The van der Waals surface area contributed by atoms with Crippen LogP contribution in [0, 0.1) is 29.1 Å². The number of carbonyl (C=O) groups is 1. The van der Waals surface area contributed by atoms with Crippen LogP contribution >= 0.6 is 0 Å². The standard InChI is InChI=1S/C28H39NO3/c1-16(2)29(17(3)4)27(30)32-26-23-21(14-20-15-22(23)28(20,5)6)24(19-12-13-19)31-25(26)18-10-8-7-9-11-18/h7-11,16-17,19-22,24-25H,12-15H2,1-6H3/t20-,21-,22-,24+,25-/m0/s1. The molecule has 4 nitrogen and oxygen atoms in total. The van der Waals surface area contributed by atoms with E-state index in [9.17, 15) is 4.79 Å². The van der Waals surface area contributed by atoms with Gasteiger partial charge >= 0.3 is 6.09 Å². The third-order valence-corrected chi connectivity index (χ3v) is 8.71. The van der Waals surface area contributed by atoms with Gasteiger partial charge in [-0.25, -0.2) is 4.79 Å². The smallest absolute Gasteiger partial charge is 0.412 e. The zero-order valence-corrected chi connectivity index (χ0v) is 20.5. The zero-order valence-electron chi connectivity index (χ0n) is 20.5. The van der Waals surface area contributed by atoms with Crippen LogP contribution in [0.3, 0.4) is 0 Å². The van der Waals surface area contributed by atoms with Crippen molar-refractivity contribution >= 4 is 6.09 Å². The van der Waals surface area contributed by atoms with Crippen molar-refractivity contribution in [2.75, 3.05) is 0 Å². The summed E-state index contributed by atoms with van der Waals surface area (Å²) >= 11 is 0. The first kappa shape index (κ1) is 22.0. The SMILES string of the molecule is CC(C)N(C(=O)OC1=C2[C@H](C[C@H]3C[C@@H]2C3(C)C)[C@@H](C2CC2)O[C@H]1c1ccccc1)C(C)C. The van der Waals surface area contributed by atoms with Crippen molar-refractivity contribution in [3.8, 4) is 0 Å². The number of ether oxygens (including phenoxy) is 2. The van der Waals surface area contributed by atoms with Crippen LogP contribution in [-0.4, -0.2) is 29.2 Å². The molecule has 32 heavy (non-hydrogen) atoms. The van der Waals surface area contributed by atoms with Crippen LogP contribution in [0.5, 0.6) is 0 Å². The average molecular weight is 438 g/mol. The lowest BCUT2D eigenvalue weighted by Crippen LogP contribution is -2.57. The summed E-state index contributed by atoms with van der Waals surface area (Å²) < 4.78 is 13.3. The van der Waals surface area contributed by atoms with Crippen molar-refractivity contribution in [1.29, 1.82) is 0 Å². The highest BCUT2D eigenvalue weighted by Crippen LogP contribution is 2.67. The molecule has 4 aliphatic carbocycles. The molecule has 1 amide bonds. The second-order valence-electron chi connectivity index (χ2n) is 11.7. The maximum atomic E-state index is 13.5. The molecule has 0 saturated heterocycles. The van der Waals surface area contributed by atoms with E-state index in [0.717, 1.165) is 17.2 Å². The lowest BCUT2D eigenvalue weighted by Gasteiger charge is -2.62. The van der Waals surface area contributed by atoms with Gasteiger partial charge in [0.2, 0.25) is 0 Å². The lowest BCUT2D eigenvalue weighted by molar-refractivity contribution is -0.133. The van der Waals surface area contributed by atoms with Gasteiger partial charge < -0.3 is 14.4 Å². The summed E-state index contributed by atoms with van der Waals surface area (Å²) in [6.45, 7) is 13.0. The van der Waals surface area contributed by atoms with Crippen molar-refractivity contribution < 1.29 is 14.3 Å². The fourth-order valence-electron chi connectivity index (χ4n) is 6.77. The molecule has 1 aromatic rings. The van der Waals surface area contributed by atoms with Gasteiger partial charge in [-0.05, 0) is 87.7 Å². The van der Waals surface area contributed by atoms with Gasteiger partial charge in [-0.1, -0.05) is 44.2 Å². The maximum Gasteiger partial charge on any atom is 0.415 e. The molecule has 1 aromatic carbocycles. The monoisotopic (exact) mass is 437 g/mol. The second-order valence-corrected chi connectivity index (χ2v) is 11.7. The van der Waals surface area contributed by atoms with E-state index >= 15 is 0 Å². The van der Waals surface area contributed by atoms with Gasteiger partial charge in [-0.15, -0.1) is 0 Å². The number of amides is 1. The normalized spacial score (nSPS) is 33.1. The summed E-state index contributed by atoms with van der Waals surface area (Å²) in [7, 11) is 0. The third-order valence-electron chi connectivity index (χ3n) is 8.71. The van der Waals surface area contributed by atoms with E-state index in [-0.39, 0.29) is 35.8 Å². The molecule has 1 aliphatic heterocycles. The Balaban J connectivity index is 1.60. The Morgan fingerprint density at radius 2 is 1.72 bits per heavy atom. The van der Waals surface area contributed by atoms with Crippen LogP contribution in [-0.2, 0) is 9.47 Å². The van der Waals surface area contributed by atoms with Crippen molar-refractivity contribution in [2.45, 2.75) is 91.5 Å². The average Bonchev–Trinajstić information content (AvgIpc) is 3.58. The predicted octanol–water partition coefficient (Wildman–Crippen LogP) is 6.73. The Hall–Kier alpha value is -1.81. The fraction of sp³-hybridized carbons (Fsp3) is 0.679. The Labute approximate surface area is 193 Å². The quantitative estimate of drug-likeness (QED) is 0.513. The Morgan fingerprint density at radius 1 is 1.06 bits per heavy atom. The van der Waals surface area contributed by atoms with Gasteiger partial charge in [0.15, 0.2) is 0 Å². The van der Waals surface area contributed by atoms with E-state index in [1.165, 1.54) is 31.3 Å².